The van der Waals surface area contributed by atoms with Gasteiger partial charge in [-0.3, -0.25) is 14.4 Å². The van der Waals surface area contributed by atoms with Crippen molar-refractivity contribution in [3.05, 3.63) is 74.2 Å². The number of carbonyl (C=O) groups excluding carboxylic acids is 3. The van der Waals surface area contributed by atoms with Gasteiger partial charge in [0.15, 0.2) is 0 Å². The summed E-state index contributed by atoms with van der Waals surface area (Å²) >= 11 is 13.3. The molecule has 33 heavy (non-hydrogen) atoms. The number of rotatable bonds is 6. The highest BCUT2D eigenvalue weighted by Gasteiger charge is 2.45. The van der Waals surface area contributed by atoms with E-state index in [1.54, 1.807) is 24.3 Å². The summed E-state index contributed by atoms with van der Waals surface area (Å²) < 4.78 is 4.81. The van der Waals surface area contributed by atoms with Crippen LogP contribution in [-0.4, -0.2) is 30.6 Å². The van der Waals surface area contributed by atoms with Crippen molar-refractivity contribution in [2.45, 2.75) is 12.8 Å². The summed E-state index contributed by atoms with van der Waals surface area (Å²) in [7, 11) is 1.16. The molecule has 0 radical (unpaired) electrons. The van der Waals surface area contributed by atoms with Gasteiger partial charge in [-0.25, -0.2) is 0 Å². The molecule has 0 aromatic heterocycles. The van der Waals surface area contributed by atoms with Crippen LogP contribution in [0.25, 0.3) is 0 Å². The zero-order valence-corrected chi connectivity index (χ0v) is 20.0. The molecule has 0 spiro atoms. The largest absolute Gasteiger partial charge is 0.468 e. The van der Waals surface area contributed by atoms with E-state index < -0.39 is 23.7 Å². The Bertz CT molecular complexity index is 1190. The fourth-order valence-corrected chi connectivity index (χ4v) is 4.82. The molecule has 2 atom stereocenters. The lowest BCUT2D eigenvalue weighted by atomic mass is 9.78. The van der Waals surface area contributed by atoms with Crippen LogP contribution in [0.15, 0.2) is 53.1 Å². The van der Waals surface area contributed by atoms with Crippen LogP contribution >= 0.6 is 35.0 Å². The molecule has 0 unspecified atom stereocenters. The average molecular weight is 504 g/mol. The molecule has 7 nitrogen and oxygen atoms in total. The molecular formula is C23H19Cl2N3O4S. The molecule has 1 aliphatic rings. The maximum absolute atomic E-state index is 12.9. The Labute approximate surface area is 205 Å². The first-order valence-corrected chi connectivity index (χ1v) is 11.5. The van der Waals surface area contributed by atoms with Gasteiger partial charge in [0.2, 0.25) is 11.8 Å². The zero-order chi connectivity index (χ0) is 24.1. The number of amides is 2. The lowest BCUT2D eigenvalue weighted by Crippen LogP contribution is -2.44. The molecule has 2 N–H and O–H groups in total. The number of anilines is 1. The smallest absolute Gasteiger partial charge is 0.319 e. The van der Waals surface area contributed by atoms with E-state index in [0.717, 1.165) is 24.4 Å². The molecule has 1 heterocycles. The normalized spacial score (nSPS) is 17.7. The van der Waals surface area contributed by atoms with Crippen LogP contribution in [0.5, 0.6) is 0 Å². The standard InChI is InChI=1S/C23H19Cl2N3O4S/c1-12-5-3-4-6-17(12)27-18(29)11-33-22-15(10-26)19(14-8-7-13(24)9-16(14)25)20(21(30)28-22)23(31)32-2/h3-9,19-20H,11H2,1-2H3,(H,27,29)(H,28,30)/t19-,20+/m0/s1. The molecule has 10 heteroatoms. The van der Waals surface area contributed by atoms with Gasteiger partial charge in [-0.1, -0.05) is 59.2 Å². The second-order valence-corrected chi connectivity index (χ2v) is 8.97. The number of thioether (sulfide) groups is 1. The summed E-state index contributed by atoms with van der Waals surface area (Å²) in [4.78, 5) is 37.8. The minimum Gasteiger partial charge on any atom is -0.468 e. The van der Waals surface area contributed by atoms with E-state index in [0.29, 0.717) is 16.3 Å². The first-order valence-electron chi connectivity index (χ1n) is 9.73. The molecule has 2 aromatic carbocycles. The van der Waals surface area contributed by atoms with E-state index in [1.165, 1.54) is 6.07 Å². The Morgan fingerprint density at radius 1 is 1.24 bits per heavy atom. The topological polar surface area (TPSA) is 108 Å². The Kier molecular flexibility index (Phi) is 8.03. The third-order valence-corrected chi connectivity index (χ3v) is 6.63. The van der Waals surface area contributed by atoms with Gasteiger partial charge in [0, 0.05) is 21.7 Å². The highest BCUT2D eigenvalue weighted by atomic mass is 35.5. The van der Waals surface area contributed by atoms with Gasteiger partial charge in [0.1, 0.15) is 5.92 Å². The van der Waals surface area contributed by atoms with Gasteiger partial charge < -0.3 is 15.4 Å². The number of benzene rings is 2. The van der Waals surface area contributed by atoms with Gasteiger partial charge in [0.25, 0.3) is 0 Å². The molecule has 170 valence electrons. The molecule has 0 saturated heterocycles. The van der Waals surface area contributed by atoms with Gasteiger partial charge >= 0.3 is 5.97 Å². The number of nitriles is 1. The van der Waals surface area contributed by atoms with Crippen molar-refractivity contribution in [1.29, 1.82) is 5.26 Å². The van der Waals surface area contributed by atoms with E-state index in [-0.39, 0.29) is 27.3 Å². The van der Waals surface area contributed by atoms with Crippen LogP contribution in [0.2, 0.25) is 10.0 Å². The zero-order valence-electron chi connectivity index (χ0n) is 17.6. The maximum atomic E-state index is 12.9. The predicted octanol–water partition coefficient (Wildman–Crippen LogP) is 4.41. The third-order valence-electron chi connectivity index (χ3n) is 5.05. The Hall–Kier alpha value is -2.99. The van der Waals surface area contributed by atoms with E-state index in [4.69, 9.17) is 27.9 Å². The van der Waals surface area contributed by atoms with Gasteiger partial charge in [-0.2, -0.15) is 5.26 Å². The molecule has 0 saturated carbocycles. The van der Waals surface area contributed by atoms with Gasteiger partial charge in [0.05, 0.1) is 29.5 Å². The summed E-state index contributed by atoms with van der Waals surface area (Å²) in [5.41, 5.74) is 2.05. The number of hydrogen-bond acceptors (Lipinski definition) is 6. The maximum Gasteiger partial charge on any atom is 0.319 e. The van der Waals surface area contributed by atoms with Crippen molar-refractivity contribution in [1.82, 2.24) is 5.32 Å². The van der Waals surface area contributed by atoms with Crippen LogP contribution in [0.1, 0.15) is 17.0 Å². The van der Waals surface area contributed by atoms with E-state index >= 15 is 0 Å². The van der Waals surface area contributed by atoms with E-state index in [2.05, 4.69) is 16.7 Å². The summed E-state index contributed by atoms with van der Waals surface area (Å²) in [6.45, 7) is 1.87. The van der Waals surface area contributed by atoms with Crippen molar-refractivity contribution in [2.75, 3.05) is 18.2 Å². The summed E-state index contributed by atoms with van der Waals surface area (Å²) in [5, 5.41) is 16.1. The van der Waals surface area contributed by atoms with Gasteiger partial charge in [-0.15, -0.1) is 0 Å². The highest BCUT2D eigenvalue weighted by Crippen LogP contribution is 2.43. The first kappa shape index (κ1) is 24.6. The van der Waals surface area contributed by atoms with Crippen LogP contribution in [0, 0.1) is 24.2 Å². The monoisotopic (exact) mass is 503 g/mol. The first-order chi connectivity index (χ1) is 15.8. The number of methoxy groups -OCH3 is 1. The number of para-hydroxylation sites is 1. The molecule has 2 amide bonds. The molecule has 3 rings (SSSR count). The minimum absolute atomic E-state index is 0.0703. The molecule has 2 aromatic rings. The second-order valence-electron chi connectivity index (χ2n) is 7.14. The number of allylic oxidation sites excluding steroid dienone is 1. The average Bonchev–Trinajstić information content (AvgIpc) is 2.78. The van der Waals surface area contributed by atoms with Crippen LogP contribution < -0.4 is 10.6 Å². The fraction of sp³-hybridized carbons (Fsp3) is 0.217. The predicted molar refractivity (Wildman–Crippen MR) is 128 cm³/mol. The Morgan fingerprint density at radius 2 is 1.97 bits per heavy atom. The fourth-order valence-electron chi connectivity index (χ4n) is 3.45. The summed E-state index contributed by atoms with van der Waals surface area (Å²) in [6.07, 6.45) is 0. The number of ether oxygens (including phenoxy) is 1. The quantitative estimate of drug-likeness (QED) is 0.446. The SMILES string of the molecule is COC(=O)[C@H]1C(=O)NC(SCC(=O)Nc2ccccc2C)=C(C#N)[C@@H]1c1ccc(Cl)cc1Cl. The number of hydrogen-bond donors (Lipinski definition) is 2. The Morgan fingerprint density at radius 3 is 2.61 bits per heavy atom. The minimum atomic E-state index is -1.33. The highest BCUT2D eigenvalue weighted by molar-refractivity contribution is 8.03. The number of nitrogens with one attached hydrogen (secondary N) is 2. The van der Waals surface area contributed by atoms with Crippen molar-refractivity contribution in [2.24, 2.45) is 5.92 Å². The van der Waals surface area contributed by atoms with Crippen molar-refractivity contribution < 1.29 is 19.1 Å². The van der Waals surface area contributed by atoms with Crippen LogP contribution in [0.3, 0.4) is 0 Å². The van der Waals surface area contributed by atoms with Crippen LogP contribution in [0.4, 0.5) is 5.69 Å². The van der Waals surface area contributed by atoms with E-state index in [9.17, 15) is 19.6 Å². The molecule has 0 aliphatic carbocycles. The molecule has 0 bridgehead atoms. The lowest BCUT2D eigenvalue weighted by Gasteiger charge is -2.31. The molecule has 0 fully saturated rings. The molecular weight excluding hydrogens is 485 g/mol. The van der Waals surface area contributed by atoms with Crippen molar-refractivity contribution >= 4 is 58.4 Å². The summed E-state index contributed by atoms with van der Waals surface area (Å²) in [6, 6.07) is 14.0. The van der Waals surface area contributed by atoms with E-state index in [1.807, 2.05) is 19.1 Å². The number of carbonyl (C=O) groups is 3. The third kappa shape index (κ3) is 5.50. The van der Waals surface area contributed by atoms with Crippen molar-refractivity contribution in [3.8, 4) is 6.07 Å². The van der Waals surface area contributed by atoms with Gasteiger partial charge in [-0.05, 0) is 36.2 Å². The summed E-state index contributed by atoms with van der Waals surface area (Å²) in [5.74, 6) is -4.17. The number of esters is 1. The number of nitrogens with zero attached hydrogens (tertiary/aromatic N) is 1. The number of aryl methyl sites for hydroxylation is 1. The molecule has 1 aliphatic heterocycles. The lowest BCUT2D eigenvalue weighted by molar-refractivity contribution is -0.150. The number of halogens is 2. The van der Waals surface area contributed by atoms with Crippen LogP contribution in [-0.2, 0) is 19.1 Å². The second kappa shape index (κ2) is 10.8. The Balaban J connectivity index is 1.94. The van der Waals surface area contributed by atoms with Crippen molar-refractivity contribution in [3.63, 3.8) is 0 Å².